The summed E-state index contributed by atoms with van der Waals surface area (Å²) in [5.74, 6) is -0.975. The van der Waals surface area contributed by atoms with Crippen molar-refractivity contribution in [3.05, 3.63) is 163 Å². The molecule has 1 fully saturated rings. The van der Waals surface area contributed by atoms with Crippen molar-refractivity contribution < 1.29 is 34.1 Å². The van der Waals surface area contributed by atoms with E-state index in [1.54, 1.807) is 12.1 Å². The third-order valence-corrected chi connectivity index (χ3v) is 11.5. The molecule has 4 heteroatoms. The van der Waals surface area contributed by atoms with Crippen LogP contribution in [0.2, 0.25) is 0 Å². The van der Waals surface area contributed by atoms with Gasteiger partial charge in [0.25, 0.3) is 0 Å². The molecule has 0 radical (unpaired) electrons. The van der Waals surface area contributed by atoms with E-state index in [1.165, 1.54) is 22.5 Å². The van der Waals surface area contributed by atoms with Gasteiger partial charge in [-0.2, -0.15) is 18.6 Å². The van der Waals surface area contributed by atoms with Crippen molar-refractivity contribution in [2.75, 3.05) is 0 Å². The molecule has 3 heterocycles. The van der Waals surface area contributed by atoms with E-state index in [4.69, 9.17) is 12.6 Å². The molecule has 1 unspecified atom stereocenters. The van der Waals surface area contributed by atoms with Crippen molar-refractivity contribution in [3.63, 3.8) is 0 Å². The van der Waals surface area contributed by atoms with E-state index in [2.05, 4.69) is 114 Å². The number of allylic oxidation sites excluding steroid dienone is 2. The minimum absolute atomic E-state index is 0. The molecule has 3 nitrogen and oxygen atoms in total. The molecule has 0 saturated heterocycles. The minimum Gasteiger partial charge on any atom is -0.531 e. The molecule has 0 bridgehead atoms. The summed E-state index contributed by atoms with van der Waals surface area (Å²) in [5.41, 5.74) is 6.89. The van der Waals surface area contributed by atoms with Gasteiger partial charge in [0.1, 0.15) is 5.58 Å². The number of pyridine rings is 1. The van der Waals surface area contributed by atoms with Crippen molar-refractivity contribution in [1.29, 1.82) is 0 Å². The Morgan fingerprint density at radius 3 is 2.41 bits per heavy atom. The zero-order valence-electron chi connectivity index (χ0n) is 39.8. The van der Waals surface area contributed by atoms with Gasteiger partial charge >= 0.3 is 20.1 Å². The first-order valence-electron chi connectivity index (χ1n) is 22.7. The fourth-order valence-electron chi connectivity index (χ4n) is 8.04. The predicted octanol–water partition coefficient (Wildman–Crippen LogP) is 14.6. The molecular formula is C52H53IrN2O. The number of aromatic nitrogens is 1. The Bertz CT molecular complexity index is 2910. The maximum atomic E-state index is 9.41. The number of fused-ring (bicyclic) bond motifs is 6. The summed E-state index contributed by atoms with van der Waals surface area (Å²) in [7, 11) is 4.10. The number of aryl methyl sites for hydroxylation is 2. The molecule has 2 aromatic heterocycles. The van der Waals surface area contributed by atoms with Gasteiger partial charge in [0.2, 0.25) is 0 Å². The van der Waals surface area contributed by atoms with Gasteiger partial charge in [-0.3, -0.25) is 7.05 Å². The molecule has 1 aliphatic heterocycles. The van der Waals surface area contributed by atoms with E-state index in [1.807, 2.05) is 41.4 Å². The first-order chi connectivity index (χ1) is 29.0. The van der Waals surface area contributed by atoms with Crippen molar-refractivity contribution in [2.45, 2.75) is 85.9 Å². The smallest absolute Gasteiger partial charge is 0.531 e. The first-order valence-corrected chi connectivity index (χ1v) is 19.2. The molecule has 7 aromatic rings. The number of nitrogens with zero attached hydrogens (tertiary/aromatic N) is 2. The Hall–Kier alpha value is -4.63. The van der Waals surface area contributed by atoms with Gasteiger partial charge in [-0.25, -0.2) is 0 Å². The molecule has 0 spiro atoms. The van der Waals surface area contributed by atoms with Crippen molar-refractivity contribution in [1.82, 2.24) is 9.88 Å². The second kappa shape index (κ2) is 15.4. The molecular weight excluding hydrogens is 861 g/mol. The molecule has 286 valence electrons. The summed E-state index contributed by atoms with van der Waals surface area (Å²) < 4.78 is 62.9. The predicted molar refractivity (Wildman–Crippen MR) is 233 cm³/mol. The molecule has 2 aliphatic rings. The second-order valence-corrected chi connectivity index (χ2v) is 17.0. The Kier molecular flexibility index (Phi) is 8.63. The summed E-state index contributed by atoms with van der Waals surface area (Å²) in [5, 5.41) is 6.61. The van der Waals surface area contributed by atoms with E-state index in [0.29, 0.717) is 40.8 Å². The van der Waals surface area contributed by atoms with Crippen molar-refractivity contribution >= 4 is 43.5 Å². The van der Waals surface area contributed by atoms with Crippen molar-refractivity contribution in [3.8, 4) is 11.3 Å². The summed E-state index contributed by atoms with van der Waals surface area (Å²) in [6.07, 6.45) is 10.7. The average Bonchev–Trinajstić information content (AvgIpc) is 3.58. The summed E-state index contributed by atoms with van der Waals surface area (Å²) in [6, 6.07) is 31.0. The Labute approximate surface area is 357 Å². The number of hydrogen-bond acceptors (Lipinski definition) is 3. The Morgan fingerprint density at radius 1 is 0.893 bits per heavy atom. The maximum Gasteiger partial charge on any atom is 3.00 e. The van der Waals surface area contributed by atoms with Gasteiger partial charge in [-0.1, -0.05) is 113 Å². The largest absolute Gasteiger partial charge is 3.00 e. The average molecular weight is 921 g/mol. The van der Waals surface area contributed by atoms with Crippen molar-refractivity contribution in [2.24, 2.45) is 10.8 Å². The summed E-state index contributed by atoms with van der Waals surface area (Å²) >= 11 is 0. The summed E-state index contributed by atoms with van der Waals surface area (Å²) in [4.78, 5) is 6.51. The first kappa shape index (κ1) is 31.5. The van der Waals surface area contributed by atoms with Gasteiger partial charge in [0.15, 0.2) is 0 Å². The van der Waals surface area contributed by atoms with Gasteiger partial charge < -0.3 is 14.3 Å². The van der Waals surface area contributed by atoms with E-state index in [0.717, 1.165) is 51.1 Å². The number of rotatable bonds is 3. The molecule has 1 atom stereocenters. The molecule has 1 saturated carbocycles. The second-order valence-electron chi connectivity index (χ2n) is 17.0. The fourth-order valence-corrected chi connectivity index (χ4v) is 8.04. The minimum atomic E-state index is -2.35. The maximum absolute atomic E-state index is 9.41. The van der Waals surface area contributed by atoms with E-state index >= 15 is 0 Å². The van der Waals surface area contributed by atoms with E-state index in [9.17, 15) is 1.37 Å². The topological polar surface area (TPSA) is 29.3 Å². The molecule has 56 heavy (non-hydrogen) atoms. The molecule has 9 rings (SSSR count). The fraction of sp³-hybridized carbons (Fsp3) is 0.288. The van der Waals surface area contributed by atoms with Gasteiger partial charge in [-0.15, -0.1) is 35.4 Å². The quantitative estimate of drug-likeness (QED) is 0.131. The van der Waals surface area contributed by atoms with Crippen LogP contribution in [-0.2, 0) is 20.1 Å². The normalized spacial score (nSPS) is 20.0. The van der Waals surface area contributed by atoms with Crippen LogP contribution in [0.25, 0.3) is 54.7 Å². The van der Waals surface area contributed by atoms with Gasteiger partial charge in [0, 0.05) is 21.2 Å². The van der Waals surface area contributed by atoms with Gasteiger partial charge in [0.05, 0.1) is 5.58 Å². The van der Waals surface area contributed by atoms with Crippen LogP contribution in [-0.4, -0.2) is 9.88 Å². The summed E-state index contributed by atoms with van der Waals surface area (Å²) in [6.45, 7) is 10.5. The van der Waals surface area contributed by atoms with E-state index < -0.39 is 19.6 Å². The molecule has 0 amide bonds. The van der Waals surface area contributed by atoms with E-state index in [-0.39, 0.29) is 42.5 Å². The Morgan fingerprint density at radius 2 is 1.68 bits per heavy atom. The van der Waals surface area contributed by atoms with Crippen LogP contribution in [0.5, 0.6) is 0 Å². The zero-order valence-corrected chi connectivity index (χ0v) is 35.2. The van der Waals surface area contributed by atoms with Crippen LogP contribution >= 0.6 is 0 Å². The molecule has 0 N–H and O–H groups in total. The Balaban J connectivity index is 0.000000221. The van der Waals surface area contributed by atoms with Gasteiger partial charge in [-0.05, 0) is 118 Å². The monoisotopic (exact) mass is 921 g/mol. The SMILES string of the molecule is [2H]C([2H])([2H])c1ccc(C2C=CC(C(C)(C)C)=CN2[CH2-])c([CH2-])c1.[2H]C([2H])([2H])c1cnc(-c2[c-]ccc3c2oc2cc4c(ccc5ccccc54)cc23)cc1C1([2H])CCC(C)(C)CC1.[Ir+3]. The van der Waals surface area contributed by atoms with Crippen LogP contribution in [0.3, 0.4) is 0 Å². The number of hydrogen-bond donors (Lipinski definition) is 0. The standard InChI is InChI=1S/C34H30NO.C18H23N.Ir/c1-21-20-35-31(18-28(21)23-13-15-34(2,3)16-14-23)27-10-6-9-26-30-17-24-12-11-22-7-4-5-8-25(22)29(24)19-32(30)36-33(26)27;1-13-7-9-16(14(2)11-13)17-10-8-15(12-19(17)6)18(3,4)5;/h4-9,11-12,17-20,23H,13-16H2,1-3H3;7-12,17H,2,6H2,1,3-5H3;/q-1;-2;+3/i1D3,23D;1D3;. The van der Waals surface area contributed by atoms with Crippen LogP contribution in [0.15, 0.2) is 119 Å². The molecule has 1 aliphatic carbocycles. The number of furan rings is 1. The number of benzene rings is 5. The van der Waals surface area contributed by atoms with Crippen LogP contribution in [0.4, 0.5) is 0 Å². The van der Waals surface area contributed by atoms with Crippen LogP contribution in [0, 0.1) is 44.6 Å². The third-order valence-electron chi connectivity index (χ3n) is 11.5. The zero-order chi connectivity index (χ0) is 44.6. The third kappa shape index (κ3) is 7.71. The molecule has 5 aromatic carbocycles. The van der Waals surface area contributed by atoms with Crippen LogP contribution in [0.1, 0.15) is 110 Å². The van der Waals surface area contributed by atoms with Crippen LogP contribution < -0.4 is 0 Å².